The third kappa shape index (κ3) is 5.07. The molecular weight excluding hydrogens is 312 g/mol. The number of hydrogen-bond acceptors (Lipinski definition) is 4. The molecule has 0 bridgehead atoms. The van der Waals surface area contributed by atoms with Crippen molar-refractivity contribution in [3.8, 4) is 0 Å². The van der Waals surface area contributed by atoms with Crippen LogP contribution in [-0.4, -0.2) is 16.9 Å². The molecule has 23 heavy (non-hydrogen) atoms. The van der Waals surface area contributed by atoms with Gasteiger partial charge in [0.1, 0.15) is 5.01 Å². The molecule has 0 aliphatic carbocycles. The Morgan fingerprint density at radius 3 is 2.30 bits per heavy atom. The van der Waals surface area contributed by atoms with Crippen LogP contribution in [0.3, 0.4) is 0 Å². The van der Waals surface area contributed by atoms with Crippen molar-refractivity contribution in [3.05, 3.63) is 40.3 Å². The SMILES string of the molecule is CCC(=O)Nc1ccc(NC(=O)N[C@H](C)c2nc(C)cs2)cc1. The number of carbonyl (C=O) groups excluding carboxylic acids is 2. The molecule has 2 aromatic rings. The minimum atomic E-state index is -0.296. The zero-order valence-electron chi connectivity index (χ0n) is 13.3. The molecule has 0 saturated heterocycles. The molecule has 0 aliphatic rings. The highest BCUT2D eigenvalue weighted by molar-refractivity contribution is 7.09. The largest absolute Gasteiger partial charge is 0.329 e. The lowest BCUT2D eigenvalue weighted by Gasteiger charge is -2.13. The first kappa shape index (κ1) is 17.0. The number of benzene rings is 1. The molecular formula is C16H20N4O2S. The Hall–Kier alpha value is -2.41. The van der Waals surface area contributed by atoms with Gasteiger partial charge in [-0.3, -0.25) is 4.79 Å². The molecule has 1 aromatic heterocycles. The second-order valence-corrected chi connectivity index (χ2v) is 6.02. The van der Waals surface area contributed by atoms with Crippen LogP contribution in [0.25, 0.3) is 0 Å². The summed E-state index contributed by atoms with van der Waals surface area (Å²) in [6.07, 6.45) is 0.427. The van der Waals surface area contributed by atoms with E-state index in [9.17, 15) is 9.59 Å². The van der Waals surface area contributed by atoms with Gasteiger partial charge >= 0.3 is 6.03 Å². The van der Waals surface area contributed by atoms with Gasteiger partial charge in [-0.1, -0.05) is 6.92 Å². The lowest BCUT2D eigenvalue weighted by atomic mass is 10.2. The van der Waals surface area contributed by atoms with Gasteiger partial charge in [-0.25, -0.2) is 9.78 Å². The van der Waals surface area contributed by atoms with Crippen molar-refractivity contribution < 1.29 is 9.59 Å². The van der Waals surface area contributed by atoms with Crippen LogP contribution in [0.5, 0.6) is 0 Å². The maximum Gasteiger partial charge on any atom is 0.319 e. The van der Waals surface area contributed by atoms with E-state index in [0.29, 0.717) is 17.8 Å². The molecule has 1 atom stereocenters. The summed E-state index contributed by atoms with van der Waals surface area (Å²) in [4.78, 5) is 27.7. The van der Waals surface area contributed by atoms with Crippen LogP contribution in [0.4, 0.5) is 16.2 Å². The van der Waals surface area contributed by atoms with Crippen molar-refractivity contribution in [2.45, 2.75) is 33.2 Å². The fraction of sp³-hybridized carbons (Fsp3) is 0.312. The van der Waals surface area contributed by atoms with Gasteiger partial charge < -0.3 is 16.0 Å². The van der Waals surface area contributed by atoms with Crippen molar-refractivity contribution in [2.75, 3.05) is 10.6 Å². The van der Waals surface area contributed by atoms with Crippen LogP contribution in [0.2, 0.25) is 0 Å². The average molecular weight is 332 g/mol. The second-order valence-electron chi connectivity index (χ2n) is 5.13. The standard InChI is InChI=1S/C16H20N4O2S/c1-4-14(21)19-12-5-7-13(8-6-12)20-16(22)18-11(3)15-17-10(2)9-23-15/h5-9,11H,4H2,1-3H3,(H,19,21)(H2,18,20,22)/t11-/m1/s1. The van der Waals surface area contributed by atoms with Gasteiger partial charge in [0, 0.05) is 28.9 Å². The van der Waals surface area contributed by atoms with E-state index >= 15 is 0 Å². The number of rotatable bonds is 5. The van der Waals surface area contributed by atoms with Gasteiger partial charge in [0.15, 0.2) is 0 Å². The zero-order chi connectivity index (χ0) is 16.8. The minimum Gasteiger partial charge on any atom is -0.329 e. The van der Waals surface area contributed by atoms with E-state index < -0.39 is 0 Å². The van der Waals surface area contributed by atoms with Crippen LogP contribution in [-0.2, 0) is 4.79 Å². The lowest BCUT2D eigenvalue weighted by molar-refractivity contribution is -0.115. The molecule has 0 saturated carbocycles. The molecule has 1 heterocycles. The molecule has 0 unspecified atom stereocenters. The molecule has 2 rings (SSSR count). The number of thiazole rings is 1. The molecule has 3 N–H and O–H groups in total. The summed E-state index contributed by atoms with van der Waals surface area (Å²) in [6.45, 7) is 5.60. The summed E-state index contributed by atoms with van der Waals surface area (Å²) in [6, 6.07) is 6.52. The van der Waals surface area contributed by atoms with Crippen LogP contribution in [0, 0.1) is 6.92 Å². The molecule has 3 amide bonds. The predicted octanol–water partition coefficient (Wildman–Crippen LogP) is 3.68. The number of nitrogens with one attached hydrogen (secondary N) is 3. The van der Waals surface area contributed by atoms with Crippen LogP contribution < -0.4 is 16.0 Å². The summed E-state index contributed by atoms with van der Waals surface area (Å²) in [7, 11) is 0. The van der Waals surface area contributed by atoms with Crippen molar-refractivity contribution in [1.82, 2.24) is 10.3 Å². The summed E-state index contributed by atoms with van der Waals surface area (Å²) in [5, 5.41) is 11.2. The maximum absolute atomic E-state index is 12.0. The first-order chi connectivity index (χ1) is 11.0. The normalized spacial score (nSPS) is 11.6. The molecule has 0 aliphatic heterocycles. The van der Waals surface area contributed by atoms with E-state index in [0.717, 1.165) is 10.7 Å². The van der Waals surface area contributed by atoms with Crippen molar-refractivity contribution in [2.24, 2.45) is 0 Å². The van der Waals surface area contributed by atoms with Gasteiger partial charge in [-0.05, 0) is 38.1 Å². The van der Waals surface area contributed by atoms with Gasteiger partial charge in [-0.2, -0.15) is 0 Å². The smallest absolute Gasteiger partial charge is 0.319 e. The van der Waals surface area contributed by atoms with Crippen LogP contribution in [0.1, 0.15) is 37.0 Å². The van der Waals surface area contributed by atoms with E-state index in [1.165, 1.54) is 11.3 Å². The zero-order valence-corrected chi connectivity index (χ0v) is 14.2. The Morgan fingerprint density at radius 1 is 1.17 bits per heavy atom. The first-order valence-corrected chi connectivity index (χ1v) is 8.25. The average Bonchev–Trinajstić information content (AvgIpc) is 2.95. The number of hydrogen-bond donors (Lipinski definition) is 3. The highest BCUT2D eigenvalue weighted by Gasteiger charge is 2.12. The molecule has 1 aromatic carbocycles. The maximum atomic E-state index is 12.0. The van der Waals surface area contributed by atoms with Gasteiger partial charge in [0.05, 0.1) is 6.04 Å². The Kier molecular flexibility index (Phi) is 5.70. The first-order valence-electron chi connectivity index (χ1n) is 7.37. The number of aromatic nitrogens is 1. The Balaban J connectivity index is 1.88. The van der Waals surface area contributed by atoms with E-state index in [2.05, 4.69) is 20.9 Å². The van der Waals surface area contributed by atoms with E-state index in [1.54, 1.807) is 31.2 Å². The number of urea groups is 1. The van der Waals surface area contributed by atoms with Gasteiger partial charge in [0.2, 0.25) is 5.91 Å². The minimum absolute atomic E-state index is 0.0454. The van der Waals surface area contributed by atoms with Crippen molar-refractivity contribution in [3.63, 3.8) is 0 Å². The molecule has 0 fully saturated rings. The third-order valence-corrected chi connectivity index (χ3v) is 4.25. The summed E-state index contributed by atoms with van der Waals surface area (Å²) in [5.74, 6) is -0.0454. The van der Waals surface area contributed by atoms with Gasteiger partial charge in [-0.15, -0.1) is 11.3 Å². The molecule has 0 radical (unpaired) electrons. The Bertz CT molecular complexity index is 682. The van der Waals surface area contributed by atoms with E-state index in [1.807, 2.05) is 19.2 Å². The number of nitrogens with zero attached hydrogens (tertiary/aromatic N) is 1. The molecule has 6 nitrogen and oxygen atoms in total. The third-order valence-electron chi connectivity index (χ3n) is 3.10. The number of amides is 3. The highest BCUT2D eigenvalue weighted by Crippen LogP contribution is 2.18. The van der Waals surface area contributed by atoms with Crippen molar-refractivity contribution in [1.29, 1.82) is 0 Å². The Morgan fingerprint density at radius 2 is 1.78 bits per heavy atom. The summed E-state index contributed by atoms with van der Waals surface area (Å²) < 4.78 is 0. The highest BCUT2D eigenvalue weighted by atomic mass is 32.1. The fourth-order valence-corrected chi connectivity index (χ4v) is 2.69. The van der Waals surface area contributed by atoms with E-state index in [-0.39, 0.29) is 18.0 Å². The summed E-state index contributed by atoms with van der Waals surface area (Å²) in [5.41, 5.74) is 2.30. The molecule has 7 heteroatoms. The predicted molar refractivity (Wildman–Crippen MR) is 92.8 cm³/mol. The van der Waals surface area contributed by atoms with Gasteiger partial charge in [0.25, 0.3) is 0 Å². The second kappa shape index (κ2) is 7.73. The van der Waals surface area contributed by atoms with Crippen LogP contribution in [0.15, 0.2) is 29.6 Å². The van der Waals surface area contributed by atoms with Crippen molar-refractivity contribution >= 4 is 34.6 Å². The molecule has 0 spiro atoms. The number of aryl methyl sites for hydroxylation is 1. The lowest BCUT2D eigenvalue weighted by Crippen LogP contribution is -2.31. The summed E-state index contributed by atoms with van der Waals surface area (Å²) >= 11 is 1.52. The quantitative estimate of drug-likeness (QED) is 0.781. The number of anilines is 2. The van der Waals surface area contributed by atoms with Crippen LogP contribution >= 0.6 is 11.3 Å². The topological polar surface area (TPSA) is 83.1 Å². The van der Waals surface area contributed by atoms with E-state index in [4.69, 9.17) is 0 Å². The fourth-order valence-electron chi connectivity index (χ4n) is 1.88. The monoisotopic (exact) mass is 332 g/mol. The number of carbonyl (C=O) groups is 2. The Labute approximate surface area is 139 Å². The molecule has 122 valence electrons.